The van der Waals surface area contributed by atoms with Gasteiger partial charge in [0.1, 0.15) is 17.3 Å². The summed E-state index contributed by atoms with van der Waals surface area (Å²) in [6.07, 6.45) is 1.80. The quantitative estimate of drug-likeness (QED) is 0.555. The molecule has 0 aliphatic carbocycles. The highest BCUT2D eigenvalue weighted by Crippen LogP contribution is 2.12. The Labute approximate surface area is 170 Å². The lowest BCUT2D eigenvalue weighted by Gasteiger charge is -2.09. The molecule has 3 rings (SSSR count). The first-order valence-corrected chi connectivity index (χ1v) is 9.64. The third kappa shape index (κ3) is 6.06. The van der Waals surface area contributed by atoms with E-state index in [0.29, 0.717) is 35.4 Å². The van der Waals surface area contributed by atoms with Crippen molar-refractivity contribution in [1.29, 1.82) is 0 Å². The zero-order chi connectivity index (χ0) is 19.8. The van der Waals surface area contributed by atoms with E-state index in [9.17, 15) is 4.79 Å². The molecule has 0 unspecified atom stereocenters. The topological polar surface area (TPSA) is 66.9 Å². The summed E-state index contributed by atoms with van der Waals surface area (Å²) in [4.78, 5) is 21.0. The number of carbonyl (C=O) groups excluding carboxylic acids is 1. The molecule has 0 aliphatic heterocycles. The number of benzene rings is 2. The SMILES string of the molecule is Cc1nc(NCc2ccc(Cl)cc2)cc(C(=O)NCCCc2ccccc2)n1. The summed E-state index contributed by atoms with van der Waals surface area (Å²) in [6, 6.07) is 19.5. The summed E-state index contributed by atoms with van der Waals surface area (Å²) in [6.45, 7) is 2.97. The van der Waals surface area contributed by atoms with E-state index in [-0.39, 0.29) is 5.91 Å². The highest BCUT2D eigenvalue weighted by atomic mass is 35.5. The fraction of sp³-hybridized carbons (Fsp3) is 0.227. The minimum Gasteiger partial charge on any atom is -0.366 e. The Hall–Kier alpha value is -2.92. The minimum absolute atomic E-state index is 0.187. The maximum absolute atomic E-state index is 12.4. The van der Waals surface area contributed by atoms with E-state index in [1.807, 2.05) is 42.5 Å². The zero-order valence-electron chi connectivity index (χ0n) is 15.8. The molecule has 28 heavy (non-hydrogen) atoms. The van der Waals surface area contributed by atoms with Crippen molar-refractivity contribution < 1.29 is 4.79 Å². The van der Waals surface area contributed by atoms with Crippen molar-refractivity contribution in [2.75, 3.05) is 11.9 Å². The summed E-state index contributed by atoms with van der Waals surface area (Å²) in [5, 5.41) is 6.86. The summed E-state index contributed by atoms with van der Waals surface area (Å²) < 4.78 is 0. The maximum atomic E-state index is 12.4. The van der Waals surface area contributed by atoms with Gasteiger partial charge in [0, 0.05) is 24.2 Å². The molecule has 0 fully saturated rings. The van der Waals surface area contributed by atoms with Crippen LogP contribution in [0.15, 0.2) is 60.7 Å². The number of halogens is 1. The van der Waals surface area contributed by atoms with Crippen molar-refractivity contribution in [2.24, 2.45) is 0 Å². The van der Waals surface area contributed by atoms with Crippen LogP contribution in [-0.4, -0.2) is 22.4 Å². The van der Waals surface area contributed by atoms with Crippen LogP contribution >= 0.6 is 11.6 Å². The molecule has 0 saturated heterocycles. The summed E-state index contributed by atoms with van der Waals surface area (Å²) >= 11 is 5.91. The van der Waals surface area contributed by atoms with Crippen molar-refractivity contribution >= 4 is 23.3 Å². The molecular formula is C22H23ClN4O. The van der Waals surface area contributed by atoms with Crippen LogP contribution in [0.2, 0.25) is 5.02 Å². The summed E-state index contributed by atoms with van der Waals surface area (Å²) in [5.41, 5.74) is 2.71. The summed E-state index contributed by atoms with van der Waals surface area (Å²) in [7, 11) is 0. The van der Waals surface area contributed by atoms with Gasteiger partial charge < -0.3 is 10.6 Å². The Balaban J connectivity index is 1.52. The number of amides is 1. The van der Waals surface area contributed by atoms with Crippen LogP contribution in [-0.2, 0) is 13.0 Å². The second-order valence-corrected chi connectivity index (χ2v) is 6.95. The van der Waals surface area contributed by atoms with Gasteiger partial charge >= 0.3 is 0 Å². The van der Waals surface area contributed by atoms with Crippen molar-refractivity contribution in [2.45, 2.75) is 26.3 Å². The molecule has 1 heterocycles. The number of carbonyl (C=O) groups is 1. The number of aromatic nitrogens is 2. The fourth-order valence-corrected chi connectivity index (χ4v) is 2.93. The van der Waals surface area contributed by atoms with E-state index < -0.39 is 0 Å². The number of nitrogens with one attached hydrogen (secondary N) is 2. The molecule has 0 radical (unpaired) electrons. The molecule has 144 valence electrons. The van der Waals surface area contributed by atoms with Gasteiger partial charge in [0.05, 0.1) is 0 Å². The lowest BCUT2D eigenvalue weighted by atomic mass is 10.1. The molecular weight excluding hydrogens is 372 g/mol. The van der Waals surface area contributed by atoms with Gasteiger partial charge in [0.25, 0.3) is 5.91 Å². The predicted molar refractivity (Wildman–Crippen MR) is 113 cm³/mol. The number of anilines is 1. The van der Waals surface area contributed by atoms with E-state index in [1.165, 1.54) is 5.56 Å². The van der Waals surface area contributed by atoms with Gasteiger partial charge in [-0.15, -0.1) is 0 Å². The number of hydrogen-bond donors (Lipinski definition) is 2. The van der Waals surface area contributed by atoms with Gasteiger partial charge in [-0.3, -0.25) is 4.79 Å². The molecule has 3 aromatic rings. The molecule has 1 amide bonds. The van der Waals surface area contributed by atoms with Gasteiger partial charge in [-0.2, -0.15) is 0 Å². The van der Waals surface area contributed by atoms with E-state index in [0.717, 1.165) is 18.4 Å². The van der Waals surface area contributed by atoms with Crippen molar-refractivity contribution in [1.82, 2.24) is 15.3 Å². The van der Waals surface area contributed by atoms with Crippen LogP contribution in [0.1, 0.15) is 33.9 Å². The van der Waals surface area contributed by atoms with Crippen LogP contribution in [0.3, 0.4) is 0 Å². The largest absolute Gasteiger partial charge is 0.366 e. The van der Waals surface area contributed by atoms with E-state index in [1.54, 1.807) is 13.0 Å². The van der Waals surface area contributed by atoms with Crippen LogP contribution in [0, 0.1) is 6.92 Å². The van der Waals surface area contributed by atoms with Crippen molar-refractivity contribution in [3.8, 4) is 0 Å². The highest BCUT2D eigenvalue weighted by Gasteiger charge is 2.10. The first-order valence-electron chi connectivity index (χ1n) is 9.26. The standard InChI is InChI=1S/C22H23ClN4O/c1-16-26-20(22(28)24-13-5-8-17-6-3-2-4-7-17)14-21(27-16)25-15-18-9-11-19(23)12-10-18/h2-4,6-7,9-12,14H,5,8,13,15H2,1H3,(H,24,28)(H,25,26,27). The maximum Gasteiger partial charge on any atom is 0.270 e. The van der Waals surface area contributed by atoms with Gasteiger partial charge in [-0.05, 0) is 43.0 Å². The first-order chi connectivity index (χ1) is 13.6. The lowest BCUT2D eigenvalue weighted by Crippen LogP contribution is -2.26. The van der Waals surface area contributed by atoms with Crippen molar-refractivity contribution in [3.05, 3.63) is 88.3 Å². The molecule has 6 heteroatoms. The molecule has 2 N–H and O–H groups in total. The van der Waals surface area contributed by atoms with E-state index >= 15 is 0 Å². The van der Waals surface area contributed by atoms with Gasteiger partial charge in [0.2, 0.25) is 0 Å². The van der Waals surface area contributed by atoms with Crippen LogP contribution < -0.4 is 10.6 Å². The van der Waals surface area contributed by atoms with Gasteiger partial charge in [-0.25, -0.2) is 9.97 Å². The molecule has 0 bridgehead atoms. The predicted octanol–water partition coefficient (Wildman–Crippen LogP) is 4.41. The number of aryl methyl sites for hydroxylation is 2. The molecule has 1 aromatic heterocycles. The van der Waals surface area contributed by atoms with E-state index in [2.05, 4.69) is 32.7 Å². The third-order valence-corrected chi connectivity index (χ3v) is 4.48. The monoisotopic (exact) mass is 394 g/mol. The van der Waals surface area contributed by atoms with Gasteiger partial charge in [0.15, 0.2) is 0 Å². The molecule has 5 nitrogen and oxygen atoms in total. The molecule has 0 aliphatic rings. The average Bonchev–Trinajstić information content (AvgIpc) is 2.71. The third-order valence-electron chi connectivity index (χ3n) is 4.23. The Bertz CT molecular complexity index is 914. The van der Waals surface area contributed by atoms with Crippen LogP contribution in [0.5, 0.6) is 0 Å². The smallest absolute Gasteiger partial charge is 0.270 e. The van der Waals surface area contributed by atoms with Crippen LogP contribution in [0.4, 0.5) is 5.82 Å². The van der Waals surface area contributed by atoms with Gasteiger partial charge in [-0.1, -0.05) is 54.1 Å². The zero-order valence-corrected chi connectivity index (χ0v) is 16.5. The molecule has 0 saturated carbocycles. The highest BCUT2D eigenvalue weighted by molar-refractivity contribution is 6.30. The Kier molecular flexibility index (Phi) is 6.98. The average molecular weight is 395 g/mol. The second-order valence-electron chi connectivity index (χ2n) is 6.51. The van der Waals surface area contributed by atoms with E-state index in [4.69, 9.17) is 11.6 Å². The number of rotatable bonds is 8. The first kappa shape index (κ1) is 19.8. The minimum atomic E-state index is -0.187. The lowest BCUT2D eigenvalue weighted by molar-refractivity contribution is 0.0948. The molecule has 0 spiro atoms. The van der Waals surface area contributed by atoms with Crippen LogP contribution in [0.25, 0.3) is 0 Å². The number of hydrogen-bond acceptors (Lipinski definition) is 4. The Morgan fingerprint density at radius 3 is 2.50 bits per heavy atom. The normalized spacial score (nSPS) is 10.5. The number of nitrogens with zero attached hydrogens (tertiary/aromatic N) is 2. The second kappa shape index (κ2) is 9.85. The fourth-order valence-electron chi connectivity index (χ4n) is 2.80. The molecule has 2 aromatic carbocycles. The Morgan fingerprint density at radius 1 is 1.00 bits per heavy atom. The summed E-state index contributed by atoms with van der Waals surface area (Å²) in [5.74, 6) is 0.987. The van der Waals surface area contributed by atoms with Crippen molar-refractivity contribution in [3.63, 3.8) is 0 Å². The Morgan fingerprint density at radius 2 is 1.75 bits per heavy atom. The molecule has 0 atom stereocenters.